The summed E-state index contributed by atoms with van der Waals surface area (Å²) in [5.74, 6) is 0.539. The van der Waals surface area contributed by atoms with Gasteiger partial charge in [-0.3, -0.25) is 0 Å². The lowest BCUT2D eigenvalue weighted by Crippen LogP contribution is -1.97. The lowest BCUT2D eigenvalue weighted by atomic mass is 10.1. The highest BCUT2D eigenvalue weighted by molar-refractivity contribution is 6.32. The normalized spacial score (nSPS) is 10.0. The van der Waals surface area contributed by atoms with E-state index in [0.29, 0.717) is 28.0 Å². The fourth-order valence-electron chi connectivity index (χ4n) is 1.61. The molecule has 0 atom stereocenters. The fraction of sp³-hybridized carbons (Fsp3) is 0.133. The zero-order chi connectivity index (χ0) is 13.8. The van der Waals surface area contributed by atoms with Gasteiger partial charge in [0.2, 0.25) is 0 Å². The summed E-state index contributed by atoms with van der Waals surface area (Å²) >= 11 is 12.2. The molecule has 0 aliphatic heterocycles. The van der Waals surface area contributed by atoms with Gasteiger partial charge in [0, 0.05) is 10.6 Å². The summed E-state index contributed by atoms with van der Waals surface area (Å²) in [6.45, 7) is 2.32. The van der Waals surface area contributed by atoms with Gasteiger partial charge in [-0.25, -0.2) is 0 Å². The largest absolute Gasteiger partial charge is 0.487 e. The molecule has 2 nitrogen and oxygen atoms in total. The number of nitrogens with zero attached hydrogens (tertiary/aromatic N) is 1. The summed E-state index contributed by atoms with van der Waals surface area (Å²) in [5, 5.41) is 9.85. The van der Waals surface area contributed by atoms with Gasteiger partial charge < -0.3 is 4.74 Å². The van der Waals surface area contributed by atoms with E-state index in [9.17, 15) is 0 Å². The first-order valence-electron chi connectivity index (χ1n) is 5.67. The molecule has 0 aliphatic rings. The van der Waals surface area contributed by atoms with E-state index in [1.807, 2.05) is 31.2 Å². The van der Waals surface area contributed by atoms with Crippen molar-refractivity contribution >= 4 is 23.2 Å². The molecule has 0 aromatic heterocycles. The van der Waals surface area contributed by atoms with Crippen molar-refractivity contribution < 1.29 is 4.74 Å². The van der Waals surface area contributed by atoms with E-state index >= 15 is 0 Å². The lowest BCUT2D eigenvalue weighted by Gasteiger charge is -2.10. The van der Waals surface area contributed by atoms with Crippen LogP contribution in [0.3, 0.4) is 0 Å². The molecule has 0 unspecified atom stereocenters. The van der Waals surface area contributed by atoms with Crippen molar-refractivity contribution in [2.75, 3.05) is 0 Å². The molecule has 0 radical (unpaired) electrons. The number of rotatable bonds is 3. The van der Waals surface area contributed by atoms with Crippen LogP contribution in [0.4, 0.5) is 0 Å². The van der Waals surface area contributed by atoms with Crippen LogP contribution >= 0.6 is 23.2 Å². The van der Waals surface area contributed by atoms with Gasteiger partial charge in [0.05, 0.1) is 16.7 Å². The molecule has 4 heteroatoms. The van der Waals surface area contributed by atoms with Crippen molar-refractivity contribution in [2.24, 2.45) is 0 Å². The van der Waals surface area contributed by atoms with Crippen LogP contribution in [0, 0.1) is 18.3 Å². The van der Waals surface area contributed by atoms with Crippen molar-refractivity contribution in [1.29, 1.82) is 5.26 Å². The highest BCUT2D eigenvalue weighted by Gasteiger charge is 2.05. The first-order valence-corrected chi connectivity index (χ1v) is 6.43. The summed E-state index contributed by atoms with van der Waals surface area (Å²) < 4.78 is 5.62. The predicted molar refractivity (Wildman–Crippen MR) is 76.7 cm³/mol. The third-order valence-electron chi connectivity index (χ3n) is 2.65. The van der Waals surface area contributed by atoms with Gasteiger partial charge >= 0.3 is 0 Å². The van der Waals surface area contributed by atoms with Crippen LogP contribution in [-0.4, -0.2) is 0 Å². The molecule has 0 fully saturated rings. The van der Waals surface area contributed by atoms with Gasteiger partial charge in [-0.2, -0.15) is 5.26 Å². The average molecular weight is 292 g/mol. The van der Waals surface area contributed by atoms with E-state index in [2.05, 4.69) is 0 Å². The van der Waals surface area contributed by atoms with Crippen molar-refractivity contribution in [2.45, 2.75) is 13.5 Å². The number of hydrogen-bond donors (Lipinski definition) is 0. The van der Waals surface area contributed by atoms with Crippen LogP contribution in [0.1, 0.15) is 16.7 Å². The summed E-state index contributed by atoms with van der Waals surface area (Å²) in [5.41, 5.74) is 2.50. The molecule has 0 spiro atoms. The maximum Gasteiger partial charge on any atom is 0.138 e. The number of ether oxygens (including phenoxy) is 1. The molecular weight excluding hydrogens is 281 g/mol. The van der Waals surface area contributed by atoms with Crippen LogP contribution in [0.5, 0.6) is 5.75 Å². The molecule has 0 N–H and O–H groups in total. The quantitative estimate of drug-likeness (QED) is 0.817. The molecule has 96 valence electrons. The molecule has 0 bridgehead atoms. The Morgan fingerprint density at radius 3 is 2.53 bits per heavy atom. The van der Waals surface area contributed by atoms with E-state index in [-0.39, 0.29) is 0 Å². The first-order chi connectivity index (χ1) is 9.10. The third-order valence-corrected chi connectivity index (χ3v) is 3.30. The maximum absolute atomic E-state index is 8.76. The fourth-order valence-corrected chi connectivity index (χ4v) is 2.14. The molecule has 2 aromatic rings. The van der Waals surface area contributed by atoms with Gasteiger partial charge in [0.25, 0.3) is 0 Å². The Bertz CT molecular complexity index is 647. The molecule has 2 aromatic carbocycles. The molecule has 19 heavy (non-hydrogen) atoms. The summed E-state index contributed by atoms with van der Waals surface area (Å²) in [7, 11) is 0. The Balaban J connectivity index is 2.13. The van der Waals surface area contributed by atoms with Crippen molar-refractivity contribution in [3.63, 3.8) is 0 Å². The number of nitriles is 1. The number of aryl methyl sites for hydroxylation is 1. The van der Waals surface area contributed by atoms with Crippen molar-refractivity contribution in [3.05, 3.63) is 63.1 Å². The Morgan fingerprint density at radius 2 is 1.89 bits per heavy atom. The van der Waals surface area contributed by atoms with Crippen LogP contribution < -0.4 is 4.74 Å². The van der Waals surface area contributed by atoms with Gasteiger partial charge in [-0.1, -0.05) is 35.3 Å². The van der Waals surface area contributed by atoms with E-state index in [4.69, 9.17) is 33.2 Å². The summed E-state index contributed by atoms with van der Waals surface area (Å²) in [4.78, 5) is 0. The predicted octanol–water partition coefficient (Wildman–Crippen LogP) is 4.75. The van der Waals surface area contributed by atoms with Gasteiger partial charge in [-0.05, 0) is 36.8 Å². The molecule has 0 saturated carbocycles. The number of hydrogen-bond acceptors (Lipinski definition) is 2. The Kier molecular flexibility index (Phi) is 4.31. The van der Waals surface area contributed by atoms with Gasteiger partial charge in [-0.15, -0.1) is 0 Å². The van der Waals surface area contributed by atoms with Gasteiger partial charge in [0.15, 0.2) is 0 Å². The minimum Gasteiger partial charge on any atom is -0.487 e. The van der Waals surface area contributed by atoms with Crippen LogP contribution in [-0.2, 0) is 6.61 Å². The second-order valence-corrected chi connectivity index (χ2v) is 4.95. The number of benzene rings is 2. The zero-order valence-corrected chi connectivity index (χ0v) is 11.8. The average Bonchev–Trinajstić information content (AvgIpc) is 2.39. The Labute approximate surface area is 122 Å². The zero-order valence-electron chi connectivity index (χ0n) is 10.3. The van der Waals surface area contributed by atoms with Crippen molar-refractivity contribution in [1.82, 2.24) is 0 Å². The molecule has 0 saturated heterocycles. The van der Waals surface area contributed by atoms with Crippen molar-refractivity contribution in [3.8, 4) is 11.8 Å². The molecule has 0 heterocycles. The number of halogens is 2. The third kappa shape index (κ3) is 3.41. The minimum absolute atomic E-state index is 0.338. The molecule has 0 aliphatic carbocycles. The minimum atomic E-state index is 0.338. The molecular formula is C15H11Cl2NO. The van der Waals surface area contributed by atoms with Crippen LogP contribution in [0.15, 0.2) is 36.4 Å². The van der Waals surface area contributed by atoms with E-state index < -0.39 is 0 Å². The summed E-state index contributed by atoms with van der Waals surface area (Å²) in [6.07, 6.45) is 0. The molecule has 2 rings (SSSR count). The Hall–Kier alpha value is -1.69. The van der Waals surface area contributed by atoms with Gasteiger partial charge in [0.1, 0.15) is 12.4 Å². The smallest absolute Gasteiger partial charge is 0.138 e. The first kappa shape index (κ1) is 13.7. The standard InChI is InChI=1S/C15H11Cl2NO/c1-10-2-4-12(13(16)6-10)9-19-15-5-3-11(8-18)7-14(15)17/h2-7H,9H2,1H3. The second-order valence-electron chi connectivity index (χ2n) is 4.14. The molecule has 0 amide bonds. The summed E-state index contributed by atoms with van der Waals surface area (Å²) in [6, 6.07) is 12.7. The van der Waals surface area contributed by atoms with E-state index in [1.54, 1.807) is 18.2 Å². The topological polar surface area (TPSA) is 33.0 Å². The highest BCUT2D eigenvalue weighted by atomic mass is 35.5. The van der Waals surface area contributed by atoms with Crippen LogP contribution in [0.2, 0.25) is 10.0 Å². The maximum atomic E-state index is 8.76. The lowest BCUT2D eigenvalue weighted by molar-refractivity contribution is 0.306. The SMILES string of the molecule is Cc1ccc(COc2ccc(C#N)cc2Cl)c(Cl)c1. The monoisotopic (exact) mass is 291 g/mol. The highest BCUT2D eigenvalue weighted by Crippen LogP contribution is 2.27. The Morgan fingerprint density at radius 1 is 1.11 bits per heavy atom. The van der Waals surface area contributed by atoms with E-state index in [0.717, 1.165) is 11.1 Å². The van der Waals surface area contributed by atoms with Crippen LogP contribution in [0.25, 0.3) is 0 Å². The second kappa shape index (κ2) is 5.97. The van der Waals surface area contributed by atoms with E-state index in [1.165, 1.54) is 0 Å².